The van der Waals surface area contributed by atoms with E-state index in [1.54, 1.807) is 19.1 Å². The molecule has 3 N–H and O–H groups in total. The number of nitrogens with two attached hydrogens (primary N) is 1. The molecule has 7 heteroatoms. The van der Waals surface area contributed by atoms with Gasteiger partial charge in [0.05, 0.1) is 0 Å². The minimum absolute atomic E-state index is 0.207. The van der Waals surface area contributed by atoms with Crippen molar-refractivity contribution in [2.75, 3.05) is 11.1 Å². The number of nitrogens with one attached hydrogen (secondary N) is 1. The van der Waals surface area contributed by atoms with Crippen LogP contribution in [-0.2, 0) is 0 Å². The fourth-order valence-electron chi connectivity index (χ4n) is 1.52. The standard InChI is InChI=1S/C12H15N5OS/c1-6(2)9-4-8(5-10(13)15-9)11(18)16-12-14-7(3)17-19-12/h4-6H,1-3H3,(H2,13,15)(H,14,16,17,18). The number of anilines is 2. The molecule has 2 heterocycles. The van der Waals surface area contributed by atoms with Gasteiger partial charge in [-0.15, -0.1) is 0 Å². The van der Waals surface area contributed by atoms with Gasteiger partial charge in [0.1, 0.15) is 11.6 Å². The Kier molecular flexibility index (Phi) is 3.75. The van der Waals surface area contributed by atoms with Crippen molar-refractivity contribution < 1.29 is 4.79 Å². The smallest absolute Gasteiger partial charge is 0.257 e. The maximum atomic E-state index is 12.1. The average molecular weight is 277 g/mol. The van der Waals surface area contributed by atoms with Crippen molar-refractivity contribution in [2.24, 2.45) is 0 Å². The van der Waals surface area contributed by atoms with Gasteiger partial charge in [0.25, 0.3) is 5.91 Å². The number of aryl methyl sites for hydroxylation is 1. The van der Waals surface area contributed by atoms with Crippen molar-refractivity contribution >= 4 is 28.4 Å². The Bertz CT molecular complexity index is 608. The number of pyridine rings is 1. The molecule has 6 nitrogen and oxygen atoms in total. The quantitative estimate of drug-likeness (QED) is 0.897. The molecule has 2 rings (SSSR count). The molecule has 0 bridgehead atoms. The van der Waals surface area contributed by atoms with Gasteiger partial charge in [-0.2, -0.15) is 4.37 Å². The van der Waals surface area contributed by atoms with Gasteiger partial charge in [0.15, 0.2) is 0 Å². The molecule has 2 aromatic heterocycles. The van der Waals surface area contributed by atoms with Crippen LogP contribution < -0.4 is 11.1 Å². The Morgan fingerprint density at radius 1 is 1.37 bits per heavy atom. The molecule has 0 fully saturated rings. The monoisotopic (exact) mass is 277 g/mol. The lowest BCUT2D eigenvalue weighted by Crippen LogP contribution is -2.13. The van der Waals surface area contributed by atoms with E-state index in [0.29, 0.717) is 22.3 Å². The summed E-state index contributed by atoms with van der Waals surface area (Å²) in [6.45, 7) is 5.77. The van der Waals surface area contributed by atoms with E-state index in [9.17, 15) is 4.79 Å². The van der Waals surface area contributed by atoms with E-state index in [2.05, 4.69) is 19.7 Å². The van der Waals surface area contributed by atoms with Gasteiger partial charge in [0.2, 0.25) is 5.13 Å². The molecular formula is C12H15N5OS. The minimum atomic E-state index is -0.257. The van der Waals surface area contributed by atoms with E-state index in [-0.39, 0.29) is 11.8 Å². The van der Waals surface area contributed by atoms with Gasteiger partial charge >= 0.3 is 0 Å². The van der Waals surface area contributed by atoms with Crippen LogP contribution in [0.3, 0.4) is 0 Å². The molecule has 0 unspecified atom stereocenters. The molecule has 0 aliphatic rings. The molecule has 0 aliphatic heterocycles. The van der Waals surface area contributed by atoms with E-state index < -0.39 is 0 Å². The molecule has 0 aromatic carbocycles. The number of hydrogen-bond donors (Lipinski definition) is 2. The summed E-state index contributed by atoms with van der Waals surface area (Å²) in [4.78, 5) is 20.4. The van der Waals surface area contributed by atoms with Crippen LogP contribution in [0, 0.1) is 6.92 Å². The number of carbonyl (C=O) groups excluding carboxylic acids is 1. The van der Waals surface area contributed by atoms with Crippen LogP contribution in [0.2, 0.25) is 0 Å². The third kappa shape index (κ3) is 3.25. The number of nitrogens with zero attached hydrogens (tertiary/aromatic N) is 3. The van der Waals surface area contributed by atoms with Crippen LogP contribution >= 0.6 is 11.5 Å². The lowest BCUT2D eigenvalue weighted by atomic mass is 10.1. The Labute approximate surface area is 115 Å². The highest BCUT2D eigenvalue weighted by Crippen LogP contribution is 2.18. The van der Waals surface area contributed by atoms with Crippen molar-refractivity contribution in [3.63, 3.8) is 0 Å². The lowest BCUT2D eigenvalue weighted by Gasteiger charge is -2.08. The van der Waals surface area contributed by atoms with Crippen LogP contribution in [-0.4, -0.2) is 20.2 Å². The lowest BCUT2D eigenvalue weighted by molar-refractivity contribution is 0.102. The second-order valence-corrected chi connectivity index (χ2v) is 5.21. The zero-order valence-electron chi connectivity index (χ0n) is 11.0. The number of amides is 1. The van der Waals surface area contributed by atoms with Gasteiger partial charge in [-0.05, 0) is 25.0 Å². The molecule has 19 heavy (non-hydrogen) atoms. The first kappa shape index (κ1) is 13.4. The predicted molar refractivity (Wildman–Crippen MR) is 75.3 cm³/mol. The molecule has 0 saturated carbocycles. The first-order valence-electron chi connectivity index (χ1n) is 5.85. The summed E-state index contributed by atoms with van der Waals surface area (Å²) < 4.78 is 4.01. The van der Waals surface area contributed by atoms with Gasteiger partial charge in [-0.25, -0.2) is 9.97 Å². The third-order valence-electron chi connectivity index (χ3n) is 2.47. The molecule has 1 amide bonds. The second kappa shape index (κ2) is 5.31. The third-order valence-corrected chi connectivity index (χ3v) is 3.19. The second-order valence-electron chi connectivity index (χ2n) is 4.46. The zero-order chi connectivity index (χ0) is 14.0. The fraction of sp³-hybridized carbons (Fsp3) is 0.333. The van der Waals surface area contributed by atoms with Crippen LogP contribution in [0.5, 0.6) is 0 Å². The Hall–Kier alpha value is -2.02. The molecule has 0 atom stereocenters. The highest BCUT2D eigenvalue weighted by Gasteiger charge is 2.12. The topological polar surface area (TPSA) is 93.8 Å². The van der Waals surface area contributed by atoms with Crippen LogP contribution in [0.4, 0.5) is 10.9 Å². The molecule has 100 valence electrons. The van der Waals surface area contributed by atoms with Crippen molar-refractivity contribution in [2.45, 2.75) is 26.7 Å². The minimum Gasteiger partial charge on any atom is -0.384 e. The number of aromatic nitrogens is 3. The normalized spacial score (nSPS) is 10.7. The van der Waals surface area contributed by atoms with Crippen molar-refractivity contribution in [3.8, 4) is 0 Å². The Balaban J connectivity index is 2.23. The summed E-state index contributed by atoms with van der Waals surface area (Å²) in [6, 6.07) is 3.29. The van der Waals surface area contributed by atoms with Crippen LogP contribution in [0.25, 0.3) is 0 Å². The molecule has 2 aromatic rings. The summed E-state index contributed by atoms with van der Waals surface area (Å²) in [7, 11) is 0. The summed E-state index contributed by atoms with van der Waals surface area (Å²) in [5, 5.41) is 3.17. The first-order valence-corrected chi connectivity index (χ1v) is 6.62. The molecule has 0 saturated heterocycles. The summed E-state index contributed by atoms with van der Waals surface area (Å²) >= 11 is 1.15. The van der Waals surface area contributed by atoms with E-state index in [0.717, 1.165) is 17.2 Å². The largest absolute Gasteiger partial charge is 0.384 e. The number of nitrogen functional groups attached to an aromatic ring is 1. The summed E-state index contributed by atoms with van der Waals surface area (Å²) in [6.07, 6.45) is 0. The number of hydrogen-bond acceptors (Lipinski definition) is 6. The summed E-state index contributed by atoms with van der Waals surface area (Å²) in [5.74, 6) is 0.924. The molecular weight excluding hydrogens is 262 g/mol. The number of carbonyl (C=O) groups is 1. The predicted octanol–water partition coefficient (Wildman–Crippen LogP) is 2.20. The Morgan fingerprint density at radius 2 is 2.11 bits per heavy atom. The highest BCUT2D eigenvalue weighted by molar-refractivity contribution is 7.09. The first-order chi connectivity index (χ1) is 8.95. The van der Waals surface area contributed by atoms with Crippen molar-refractivity contribution in [1.29, 1.82) is 0 Å². The van der Waals surface area contributed by atoms with E-state index >= 15 is 0 Å². The van der Waals surface area contributed by atoms with Gasteiger partial charge in [-0.3, -0.25) is 10.1 Å². The van der Waals surface area contributed by atoms with E-state index in [1.165, 1.54) is 0 Å². The summed E-state index contributed by atoms with van der Waals surface area (Å²) in [5.41, 5.74) is 6.98. The van der Waals surface area contributed by atoms with Crippen LogP contribution in [0.15, 0.2) is 12.1 Å². The SMILES string of the molecule is Cc1nsc(NC(=O)c2cc(N)nc(C(C)C)c2)n1. The molecule has 0 spiro atoms. The zero-order valence-corrected chi connectivity index (χ0v) is 11.8. The molecule has 0 radical (unpaired) electrons. The highest BCUT2D eigenvalue weighted by atomic mass is 32.1. The Morgan fingerprint density at radius 3 is 2.68 bits per heavy atom. The maximum absolute atomic E-state index is 12.1. The van der Waals surface area contributed by atoms with Crippen LogP contribution in [0.1, 0.15) is 41.6 Å². The fourth-order valence-corrected chi connectivity index (χ4v) is 2.09. The average Bonchev–Trinajstić information content (AvgIpc) is 2.73. The van der Waals surface area contributed by atoms with Crippen molar-refractivity contribution in [1.82, 2.24) is 14.3 Å². The van der Waals surface area contributed by atoms with Gasteiger partial charge < -0.3 is 5.73 Å². The van der Waals surface area contributed by atoms with Gasteiger partial charge in [-0.1, -0.05) is 13.8 Å². The molecule has 0 aliphatic carbocycles. The van der Waals surface area contributed by atoms with Crippen molar-refractivity contribution in [3.05, 3.63) is 29.2 Å². The van der Waals surface area contributed by atoms with E-state index in [4.69, 9.17) is 5.73 Å². The maximum Gasteiger partial charge on any atom is 0.257 e. The number of rotatable bonds is 3. The van der Waals surface area contributed by atoms with Gasteiger partial charge in [0, 0.05) is 22.8 Å². The van der Waals surface area contributed by atoms with E-state index in [1.807, 2.05) is 13.8 Å².